The molecular formula is C12H17NO. The Balaban J connectivity index is 2.42. The van der Waals surface area contributed by atoms with Gasteiger partial charge in [0, 0.05) is 6.54 Å². The lowest BCUT2D eigenvalue weighted by Crippen LogP contribution is -2.12. The van der Waals surface area contributed by atoms with Crippen molar-refractivity contribution >= 4 is 0 Å². The minimum Gasteiger partial charge on any atom is -0.389 e. The van der Waals surface area contributed by atoms with Crippen molar-refractivity contribution in [1.29, 1.82) is 0 Å². The van der Waals surface area contributed by atoms with Crippen LogP contribution in [0.2, 0.25) is 0 Å². The van der Waals surface area contributed by atoms with Crippen molar-refractivity contribution in [2.45, 2.75) is 32.4 Å². The van der Waals surface area contributed by atoms with Crippen LogP contribution in [0.1, 0.15) is 36.1 Å². The van der Waals surface area contributed by atoms with Crippen LogP contribution in [0.4, 0.5) is 0 Å². The highest BCUT2D eigenvalue weighted by atomic mass is 16.3. The van der Waals surface area contributed by atoms with E-state index in [1.165, 1.54) is 11.1 Å². The molecule has 0 bridgehead atoms. The molecule has 1 aliphatic heterocycles. The first kappa shape index (κ1) is 9.69. The maximum atomic E-state index is 9.65. The van der Waals surface area contributed by atoms with E-state index in [0.29, 0.717) is 0 Å². The summed E-state index contributed by atoms with van der Waals surface area (Å²) in [7, 11) is 0. The summed E-state index contributed by atoms with van der Waals surface area (Å²) in [5.74, 6) is 0. The second kappa shape index (κ2) is 4.11. The quantitative estimate of drug-likeness (QED) is 0.709. The Kier molecular flexibility index (Phi) is 2.85. The van der Waals surface area contributed by atoms with Crippen LogP contribution in [0.5, 0.6) is 0 Å². The van der Waals surface area contributed by atoms with Gasteiger partial charge in [-0.15, -0.1) is 0 Å². The summed E-state index contributed by atoms with van der Waals surface area (Å²) in [5.41, 5.74) is 3.81. The third kappa shape index (κ3) is 1.81. The molecule has 0 aromatic heterocycles. The Hall–Kier alpha value is -0.860. The molecule has 1 atom stereocenters. The van der Waals surface area contributed by atoms with Gasteiger partial charge in [-0.25, -0.2) is 0 Å². The highest BCUT2D eigenvalue weighted by Crippen LogP contribution is 2.24. The smallest absolute Gasteiger partial charge is 0.0764 e. The monoisotopic (exact) mass is 191 g/mol. The van der Waals surface area contributed by atoms with Gasteiger partial charge in [0.05, 0.1) is 6.10 Å². The topological polar surface area (TPSA) is 32.3 Å². The second-order valence-electron chi connectivity index (χ2n) is 3.94. The Morgan fingerprint density at radius 3 is 3.07 bits per heavy atom. The van der Waals surface area contributed by atoms with Gasteiger partial charge in [0.1, 0.15) is 0 Å². The molecule has 2 nitrogen and oxygen atoms in total. The molecule has 0 fully saturated rings. The number of hydrogen-bond acceptors (Lipinski definition) is 2. The molecule has 2 rings (SSSR count). The fourth-order valence-electron chi connectivity index (χ4n) is 2.13. The van der Waals surface area contributed by atoms with Crippen LogP contribution in [0.25, 0.3) is 0 Å². The van der Waals surface area contributed by atoms with Crippen LogP contribution < -0.4 is 5.32 Å². The zero-order valence-corrected chi connectivity index (χ0v) is 8.59. The Morgan fingerprint density at radius 1 is 1.43 bits per heavy atom. The van der Waals surface area contributed by atoms with Crippen LogP contribution >= 0.6 is 0 Å². The van der Waals surface area contributed by atoms with Gasteiger partial charge >= 0.3 is 0 Å². The van der Waals surface area contributed by atoms with Crippen molar-refractivity contribution in [2.75, 3.05) is 6.54 Å². The number of hydrogen-bond donors (Lipinski definition) is 2. The molecule has 1 heterocycles. The second-order valence-corrected chi connectivity index (χ2v) is 3.94. The average Bonchev–Trinajstić information content (AvgIpc) is 2.41. The van der Waals surface area contributed by atoms with Gasteiger partial charge in [-0.2, -0.15) is 0 Å². The third-order valence-corrected chi connectivity index (χ3v) is 2.86. The molecule has 2 N–H and O–H groups in total. The van der Waals surface area contributed by atoms with Gasteiger partial charge in [-0.3, -0.25) is 0 Å². The summed E-state index contributed by atoms with van der Waals surface area (Å²) in [4.78, 5) is 0. The van der Waals surface area contributed by atoms with Crippen molar-refractivity contribution in [1.82, 2.24) is 5.32 Å². The minimum absolute atomic E-state index is 0.344. The summed E-state index contributed by atoms with van der Waals surface area (Å²) in [6.07, 6.45) is 1.91. The van der Waals surface area contributed by atoms with Crippen molar-refractivity contribution in [2.24, 2.45) is 0 Å². The van der Waals surface area contributed by atoms with Gasteiger partial charge in [0.2, 0.25) is 0 Å². The molecule has 0 saturated carbocycles. The summed E-state index contributed by atoms with van der Waals surface area (Å²) in [5, 5.41) is 13.0. The molecular weight excluding hydrogens is 174 g/mol. The summed E-state index contributed by atoms with van der Waals surface area (Å²) in [6.45, 7) is 3.86. The molecule has 0 saturated heterocycles. The number of rotatable bonds is 1. The van der Waals surface area contributed by atoms with E-state index in [2.05, 4.69) is 11.4 Å². The van der Waals surface area contributed by atoms with E-state index in [9.17, 15) is 5.11 Å². The van der Waals surface area contributed by atoms with Gasteiger partial charge in [0.25, 0.3) is 0 Å². The van der Waals surface area contributed by atoms with Crippen molar-refractivity contribution in [3.05, 3.63) is 34.9 Å². The predicted molar refractivity (Wildman–Crippen MR) is 57.1 cm³/mol. The molecule has 0 aliphatic carbocycles. The van der Waals surface area contributed by atoms with Gasteiger partial charge in [-0.1, -0.05) is 18.2 Å². The summed E-state index contributed by atoms with van der Waals surface area (Å²) in [6, 6.07) is 6.22. The number of aliphatic hydroxyl groups excluding tert-OH is 1. The number of aliphatic hydroxyl groups is 1. The first-order valence-corrected chi connectivity index (χ1v) is 5.28. The van der Waals surface area contributed by atoms with Gasteiger partial charge in [0.15, 0.2) is 0 Å². The van der Waals surface area contributed by atoms with Crippen LogP contribution in [0.3, 0.4) is 0 Å². The first-order valence-electron chi connectivity index (χ1n) is 5.28. The Bertz CT molecular complexity index is 320. The van der Waals surface area contributed by atoms with Crippen molar-refractivity contribution in [3.8, 4) is 0 Å². The van der Waals surface area contributed by atoms with E-state index < -0.39 is 0 Å². The van der Waals surface area contributed by atoms with Crippen molar-refractivity contribution in [3.63, 3.8) is 0 Å². The van der Waals surface area contributed by atoms with E-state index in [4.69, 9.17) is 0 Å². The lowest BCUT2D eigenvalue weighted by Gasteiger charge is -2.13. The first-order chi connectivity index (χ1) is 6.79. The molecule has 1 unspecified atom stereocenters. The zero-order chi connectivity index (χ0) is 9.97. The summed E-state index contributed by atoms with van der Waals surface area (Å²) >= 11 is 0. The molecule has 1 aromatic carbocycles. The molecule has 0 amide bonds. The van der Waals surface area contributed by atoms with Crippen LogP contribution in [0, 0.1) is 0 Å². The third-order valence-electron chi connectivity index (χ3n) is 2.86. The molecule has 0 radical (unpaired) electrons. The lowest BCUT2D eigenvalue weighted by atomic mass is 9.95. The SMILES string of the molecule is CC(O)c1cccc2c1CCCNC2. The van der Waals surface area contributed by atoms with Crippen LogP contribution in [-0.2, 0) is 13.0 Å². The lowest BCUT2D eigenvalue weighted by molar-refractivity contribution is 0.198. The van der Waals surface area contributed by atoms with E-state index in [1.807, 2.05) is 19.1 Å². The van der Waals surface area contributed by atoms with Crippen LogP contribution in [-0.4, -0.2) is 11.7 Å². The van der Waals surface area contributed by atoms with Gasteiger partial charge in [-0.05, 0) is 43.0 Å². The Labute approximate surface area is 85.0 Å². The normalized spacial score (nSPS) is 18.4. The molecule has 0 spiro atoms. The number of benzene rings is 1. The zero-order valence-electron chi connectivity index (χ0n) is 8.59. The predicted octanol–water partition coefficient (Wildman–Crippen LogP) is 1.78. The number of nitrogens with one attached hydrogen (secondary N) is 1. The number of fused-ring (bicyclic) bond motifs is 1. The average molecular weight is 191 g/mol. The van der Waals surface area contributed by atoms with Crippen LogP contribution in [0.15, 0.2) is 18.2 Å². The van der Waals surface area contributed by atoms with E-state index in [0.717, 1.165) is 31.5 Å². The molecule has 1 aromatic rings. The molecule has 14 heavy (non-hydrogen) atoms. The highest BCUT2D eigenvalue weighted by molar-refractivity contribution is 5.37. The van der Waals surface area contributed by atoms with E-state index in [1.54, 1.807) is 0 Å². The minimum atomic E-state index is -0.344. The molecule has 76 valence electrons. The molecule has 1 aliphatic rings. The standard InChI is InChI=1S/C12H17NO/c1-9(14)11-5-2-4-10-8-13-7-3-6-12(10)11/h2,4-5,9,13-14H,3,6-8H2,1H3. The maximum absolute atomic E-state index is 9.65. The largest absolute Gasteiger partial charge is 0.389 e. The fourth-order valence-corrected chi connectivity index (χ4v) is 2.13. The molecule has 2 heteroatoms. The highest BCUT2D eigenvalue weighted by Gasteiger charge is 2.13. The maximum Gasteiger partial charge on any atom is 0.0764 e. The van der Waals surface area contributed by atoms with E-state index in [-0.39, 0.29) is 6.10 Å². The van der Waals surface area contributed by atoms with Crippen molar-refractivity contribution < 1.29 is 5.11 Å². The fraction of sp³-hybridized carbons (Fsp3) is 0.500. The summed E-state index contributed by atoms with van der Waals surface area (Å²) < 4.78 is 0. The van der Waals surface area contributed by atoms with E-state index >= 15 is 0 Å². The van der Waals surface area contributed by atoms with Gasteiger partial charge < -0.3 is 10.4 Å². The Morgan fingerprint density at radius 2 is 2.29 bits per heavy atom.